The first kappa shape index (κ1) is 21.7. The van der Waals surface area contributed by atoms with Crippen molar-refractivity contribution in [2.75, 3.05) is 32.8 Å². The summed E-state index contributed by atoms with van der Waals surface area (Å²) in [5.41, 5.74) is -0.823. The van der Waals surface area contributed by atoms with Gasteiger partial charge in [-0.3, -0.25) is 4.99 Å². The van der Waals surface area contributed by atoms with Crippen molar-refractivity contribution >= 4 is 17.3 Å². The van der Waals surface area contributed by atoms with E-state index in [1.165, 1.54) is 0 Å². The number of hydrogen-bond acceptors (Lipinski definition) is 4. The topological polar surface area (TPSA) is 58.5 Å². The molecule has 0 spiro atoms. The first-order chi connectivity index (χ1) is 12.0. The number of hydrogen-bond donors (Lipinski definition) is 2. The number of halogens is 3. The molecular formula is C16H27F3N4OS. The molecule has 0 saturated heterocycles. The van der Waals surface area contributed by atoms with Crippen LogP contribution in [0, 0.1) is 0 Å². The van der Waals surface area contributed by atoms with Crippen molar-refractivity contribution in [2.45, 2.75) is 45.7 Å². The Morgan fingerprint density at radius 1 is 1.24 bits per heavy atom. The van der Waals surface area contributed by atoms with Gasteiger partial charge in [0.25, 0.3) is 0 Å². The van der Waals surface area contributed by atoms with Crippen molar-refractivity contribution in [3.63, 3.8) is 0 Å². The lowest BCUT2D eigenvalue weighted by Crippen LogP contribution is -2.38. The molecule has 1 aromatic heterocycles. The van der Waals surface area contributed by atoms with Crippen LogP contribution in [0.3, 0.4) is 0 Å². The van der Waals surface area contributed by atoms with Gasteiger partial charge in [-0.2, -0.15) is 13.2 Å². The fourth-order valence-corrected chi connectivity index (χ4v) is 2.70. The van der Waals surface area contributed by atoms with Crippen molar-refractivity contribution < 1.29 is 17.9 Å². The molecule has 1 heterocycles. The van der Waals surface area contributed by atoms with Crippen LogP contribution in [0.5, 0.6) is 0 Å². The minimum atomic E-state index is -4.38. The largest absolute Gasteiger partial charge is 0.434 e. The molecule has 144 valence electrons. The van der Waals surface area contributed by atoms with Crippen molar-refractivity contribution in [1.82, 2.24) is 15.6 Å². The standard InChI is InChI=1S/C16H27F3N4OS/c1-3-5-10-24-11-6-8-21-15(20-4-2)22-9-7-14-23-13(12-25-14)16(17,18)19/h12H,3-11H2,1-2H3,(H2,20,21,22). The van der Waals surface area contributed by atoms with Gasteiger partial charge in [0.15, 0.2) is 11.7 Å². The number of aliphatic imine (C=N–C) groups is 1. The number of unbranched alkanes of at least 4 members (excludes halogenated alkanes) is 1. The number of alkyl halides is 3. The van der Waals surface area contributed by atoms with E-state index in [1.54, 1.807) is 0 Å². The fourth-order valence-electron chi connectivity index (χ4n) is 1.89. The molecule has 0 aliphatic carbocycles. The molecule has 0 aromatic carbocycles. The molecule has 0 aliphatic heterocycles. The maximum absolute atomic E-state index is 12.5. The van der Waals surface area contributed by atoms with Crippen molar-refractivity contribution in [3.8, 4) is 0 Å². The van der Waals surface area contributed by atoms with E-state index in [1.807, 2.05) is 6.92 Å². The van der Waals surface area contributed by atoms with Gasteiger partial charge in [-0.25, -0.2) is 4.98 Å². The fraction of sp³-hybridized carbons (Fsp3) is 0.750. The van der Waals surface area contributed by atoms with Gasteiger partial charge >= 0.3 is 6.18 Å². The van der Waals surface area contributed by atoms with Crippen LogP contribution < -0.4 is 10.6 Å². The zero-order valence-electron chi connectivity index (χ0n) is 14.8. The van der Waals surface area contributed by atoms with E-state index in [0.29, 0.717) is 43.6 Å². The highest BCUT2D eigenvalue weighted by Gasteiger charge is 2.33. The van der Waals surface area contributed by atoms with Crippen molar-refractivity contribution in [1.29, 1.82) is 0 Å². The van der Waals surface area contributed by atoms with Gasteiger partial charge in [0, 0.05) is 44.6 Å². The van der Waals surface area contributed by atoms with Gasteiger partial charge < -0.3 is 15.4 Å². The monoisotopic (exact) mass is 380 g/mol. The van der Waals surface area contributed by atoms with E-state index in [2.05, 4.69) is 27.5 Å². The molecule has 9 heteroatoms. The molecule has 5 nitrogen and oxygen atoms in total. The third kappa shape index (κ3) is 9.64. The lowest BCUT2D eigenvalue weighted by Gasteiger charge is -2.10. The van der Waals surface area contributed by atoms with Gasteiger partial charge in [-0.1, -0.05) is 13.3 Å². The molecule has 0 amide bonds. The van der Waals surface area contributed by atoms with Crippen molar-refractivity contribution in [2.24, 2.45) is 4.99 Å². The Hall–Kier alpha value is -1.35. The molecule has 0 fully saturated rings. The summed E-state index contributed by atoms with van der Waals surface area (Å²) in [4.78, 5) is 8.04. The Morgan fingerprint density at radius 2 is 2.00 bits per heavy atom. The summed E-state index contributed by atoms with van der Waals surface area (Å²) in [6.07, 6.45) is -0.929. The summed E-state index contributed by atoms with van der Waals surface area (Å²) in [7, 11) is 0. The predicted molar refractivity (Wildman–Crippen MR) is 95.1 cm³/mol. The average molecular weight is 380 g/mol. The summed E-state index contributed by atoms with van der Waals surface area (Å²) in [5.74, 6) is 0.656. The zero-order chi connectivity index (χ0) is 18.5. The number of nitrogens with zero attached hydrogens (tertiary/aromatic N) is 2. The molecule has 0 aliphatic rings. The minimum Gasteiger partial charge on any atom is -0.381 e. The molecule has 1 aromatic rings. The smallest absolute Gasteiger partial charge is 0.381 e. The maximum atomic E-state index is 12.5. The second kappa shape index (κ2) is 12.1. The molecule has 0 radical (unpaired) electrons. The molecule has 0 unspecified atom stereocenters. The van der Waals surface area contributed by atoms with Gasteiger partial charge in [0.2, 0.25) is 0 Å². The SMILES string of the molecule is CCCCOCCCN=C(NCC)NCCc1nc(C(F)(F)F)cs1. The van der Waals surface area contributed by atoms with Crippen LogP contribution in [0.4, 0.5) is 13.2 Å². The Morgan fingerprint density at radius 3 is 2.64 bits per heavy atom. The number of guanidine groups is 1. The van der Waals surface area contributed by atoms with Crippen LogP contribution >= 0.6 is 11.3 Å². The number of rotatable bonds is 11. The normalized spacial score (nSPS) is 12.4. The summed E-state index contributed by atoms with van der Waals surface area (Å²) >= 11 is 1.02. The first-order valence-electron chi connectivity index (χ1n) is 8.58. The number of thiazole rings is 1. The summed E-state index contributed by atoms with van der Waals surface area (Å²) in [5, 5.41) is 7.73. The van der Waals surface area contributed by atoms with Gasteiger partial charge in [-0.05, 0) is 19.8 Å². The summed E-state index contributed by atoms with van der Waals surface area (Å²) < 4.78 is 43.0. The molecule has 2 N–H and O–H groups in total. The van der Waals surface area contributed by atoms with Crippen LogP contribution in [-0.2, 0) is 17.3 Å². The third-order valence-corrected chi connectivity index (χ3v) is 4.09. The molecular weight excluding hydrogens is 353 g/mol. The van der Waals surface area contributed by atoms with E-state index < -0.39 is 11.9 Å². The molecule has 0 atom stereocenters. The highest BCUT2D eigenvalue weighted by Crippen LogP contribution is 2.29. The number of aromatic nitrogens is 1. The lowest BCUT2D eigenvalue weighted by molar-refractivity contribution is -0.140. The van der Waals surface area contributed by atoms with Crippen LogP contribution in [0.2, 0.25) is 0 Å². The lowest BCUT2D eigenvalue weighted by atomic mass is 10.4. The minimum absolute atomic E-state index is 0.422. The van der Waals surface area contributed by atoms with Crippen LogP contribution in [0.25, 0.3) is 0 Å². The van der Waals surface area contributed by atoms with Gasteiger partial charge in [-0.15, -0.1) is 11.3 Å². The van der Waals surface area contributed by atoms with E-state index in [0.717, 1.165) is 42.6 Å². The van der Waals surface area contributed by atoms with Crippen molar-refractivity contribution in [3.05, 3.63) is 16.1 Å². The molecule has 1 rings (SSSR count). The Bertz CT molecular complexity index is 506. The molecule has 25 heavy (non-hydrogen) atoms. The zero-order valence-corrected chi connectivity index (χ0v) is 15.6. The van der Waals surface area contributed by atoms with E-state index in [4.69, 9.17) is 4.74 Å². The van der Waals surface area contributed by atoms with E-state index >= 15 is 0 Å². The van der Waals surface area contributed by atoms with E-state index in [-0.39, 0.29) is 0 Å². The summed E-state index contributed by atoms with van der Waals surface area (Å²) in [6.45, 7) is 7.38. The van der Waals surface area contributed by atoms with Crippen LogP contribution in [0.15, 0.2) is 10.4 Å². The highest BCUT2D eigenvalue weighted by molar-refractivity contribution is 7.09. The maximum Gasteiger partial charge on any atom is 0.434 e. The van der Waals surface area contributed by atoms with Crippen LogP contribution in [-0.4, -0.2) is 43.8 Å². The Labute approximate surface area is 151 Å². The third-order valence-electron chi connectivity index (χ3n) is 3.18. The second-order valence-corrected chi connectivity index (χ2v) is 6.32. The predicted octanol–water partition coefficient (Wildman–Crippen LogP) is 3.47. The van der Waals surface area contributed by atoms with E-state index in [9.17, 15) is 13.2 Å². The van der Waals surface area contributed by atoms with Gasteiger partial charge in [0.05, 0.1) is 5.01 Å². The Kier molecular flexibility index (Phi) is 10.5. The second-order valence-electron chi connectivity index (χ2n) is 5.38. The first-order valence-corrected chi connectivity index (χ1v) is 9.46. The Balaban J connectivity index is 2.30. The molecule has 0 bridgehead atoms. The van der Waals surface area contributed by atoms with Crippen LogP contribution in [0.1, 0.15) is 43.8 Å². The van der Waals surface area contributed by atoms with Gasteiger partial charge in [0.1, 0.15) is 0 Å². The summed E-state index contributed by atoms with van der Waals surface area (Å²) in [6, 6.07) is 0. The highest BCUT2D eigenvalue weighted by atomic mass is 32.1. The molecule has 0 saturated carbocycles. The quantitative estimate of drug-likeness (QED) is 0.351. The number of ether oxygens (including phenoxy) is 1. The number of nitrogens with one attached hydrogen (secondary N) is 2. The average Bonchev–Trinajstić information content (AvgIpc) is 3.03.